The number of nitrogens with two attached hydrogens (primary N) is 1. The monoisotopic (exact) mass is 453 g/mol. The molecular formula is C21H12F3N6O3-. The molecule has 0 aliphatic heterocycles. The van der Waals surface area contributed by atoms with Gasteiger partial charge < -0.3 is 15.6 Å². The number of carbonyl (C=O) groups is 2. The Bertz CT molecular complexity index is 1350. The average Bonchev–Trinajstić information content (AvgIpc) is 3.29. The SMILES string of the molecule is NC(=O)c1cnc(-c2cc(C(=O)[O-])cc(-n3cc(-c4ccc(C(F)(F)F)cc4)nn3)c2)cn1. The van der Waals surface area contributed by atoms with Crippen LogP contribution in [0.4, 0.5) is 13.2 Å². The van der Waals surface area contributed by atoms with E-state index in [9.17, 15) is 27.9 Å². The van der Waals surface area contributed by atoms with Crippen LogP contribution < -0.4 is 10.8 Å². The summed E-state index contributed by atoms with van der Waals surface area (Å²) in [7, 11) is 0. The number of halogens is 3. The Morgan fingerprint density at radius 1 is 0.939 bits per heavy atom. The summed E-state index contributed by atoms with van der Waals surface area (Å²) in [5.41, 5.74) is 5.63. The number of hydrogen-bond acceptors (Lipinski definition) is 7. The van der Waals surface area contributed by atoms with E-state index in [1.54, 1.807) is 6.07 Å². The highest BCUT2D eigenvalue weighted by Gasteiger charge is 2.30. The van der Waals surface area contributed by atoms with Crippen LogP contribution in [-0.2, 0) is 6.18 Å². The highest BCUT2D eigenvalue weighted by atomic mass is 19.4. The Morgan fingerprint density at radius 2 is 1.67 bits per heavy atom. The third-order valence-electron chi connectivity index (χ3n) is 4.62. The fourth-order valence-electron chi connectivity index (χ4n) is 2.97. The number of benzene rings is 2. The Morgan fingerprint density at radius 3 is 2.24 bits per heavy atom. The quantitative estimate of drug-likeness (QED) is 0.487. The first kappa shape index (κ1) is 21.6. The van der Waals surface area contributed by atoms with Crippen molar-refractivity contribution < 1.29 is 27.9 Å². The van der Waals surface area contributed by atoms with Crippen molar-refractivity contribution in [3.63, 3.8) is 0 Å². The number of nitrogens with zero attached hydrogens (tertiary/aromatic N) is 5. The maximum absolute atomic E-state index is 12.8. The molecule has 0 radical (unpaired) electrons. The molecule has 2 aromatic carbocycles. The number of aromatic nitrogens is 5. The van der Waals surface area contributed by atoms with Crippen molar-refractivity contribution in [2.75, 3.05) is 0 Å². The average molecular weight is 453 g/mol. The number of rotatable bonds is 5. The van der Waals surface area contributed by atoms with Crippen molar-refractivity contribution in [2.45, 2.75) is 6.18 Å². The lowest BCUT2D eigenvalue weighted by Gasteiger charge is -2.10. The van der Waals surface area contributed by atoms with Crippen LogP contribution in [0, 0.1) is 0 Å². The van der Waals surface area contributed by atoms with Gasteiger partial charge in [0, 0.05) is 11.1 Å². The van der Waals surface area contributed by atoms with E-state index >= 15 is 0 Å². The summed E-state index contributed by atoms with van der Waals surface area (Å²) >= 11 is 0. The number of hydrogen-bond donors (Lipinski definition) is 1. The normalized spacial score (nSPS) is 11.4. The van der Waals surface area contributed by atoms with Crippen molar-refractivity contribution >= 4 is 11.9 Å². The number of primary amides is 1. The van der Waals surface area contributed by atoms with Crippen LogP contribution in [-0.4, -0.2) is 36.8 Å². The maximum Gasteiger partial charge on any atom is 0.416 e. The predicted octanol–water partition coefficient (Wildman–Crippen LogP) is 1.87. The number of alkyl halides is 3. The molecule has 0 unspecified atom stereocenters. The second-order valence-electron chi connectivity index (χ2n) is 6.83. The van der Waals surface area contributed by atoms with Crippen molar-refractivity contribution in [1.29, 1.82) is 0 Å². The molecule has 12 heteroatoms. The smallest absolute Gasteiger partial charge is 0.416 e. The van der Waals surface area contributed by atoms with Gasteiger partial charge in [-0.2, -0.15) is 13.2 Å². The molecule has 0 bridgehead atoms. The first-order valence-corrected chi connectivity index (χ1v) is 9.21. The minimum absolute atomic E-state index is 0.0625. The first-order chi connectivity index (χ1) is 15.6. The zero-order valence-electron chi connectivity index (χ0n) is 16.4. The Balaban J connectivity index is 1.71. The number of carbonyl (C=O) groups excluding carboxylic acids is 2. The van der Waals surface area contributed by atoms with Gasteiger partial charge in [-0.05, 0) is 35.9 Å². The summed E-state index contributed by atoms with van der Waals surface area (Å²) < 4.78 is 39.6. The molecule has 33 heavy (non-hydrogen) atoms. The molecular weight excluding hydrogens is 441 g/mol. The topological polar surface area (TPSA) is 140 Å². The Hall–Kier alpha value is -4.61. The van der Waals surface area contributed by atoms with E-state index in [0.29, 0.717) is 11.1 Å². The van der Waals surface area contributed by atoms with Crippen LogP contribution in [0.1, 0.15) is 26.4 Å². The standard InChI is InChI=1S/C21H13F3N6O3/c22-21(23,24)14-3-1-11(2-4-14)18-10-30(29-28-18)15-6-12(5-13(7-15)20(32)33)16-8-27-17(9-26-16)19(25)31/h1-10H,(H2,25,31)(H,32,33)/p-1. The molecule has 4 rings (SSSR count). The molecule has 0 atom stereocenters. The van der Waals surface area contributed by atoms with Gasteiger partial charge in [0.05, 0.1) is 41.5 Å². The van der Waals surface area contributed by atoms with Gasteiger partial charge in [-0.25, -0.2) is 9.67 Å². The molecule has 0 spiro atoms. The van der Waals surface area contributed by atoms with Gasteiger partial charge in [0.1, 0.15) is 11.4 Å². The Kier molecular flexibility index (Phi) is 5.34. The lowest BCUT2D eigenvalue weighted by Crippen LogP contribution is -2.22. The summed E-state index contributed by atoms with van der Waals surface area (Å²) in [6.07, 6.45) is -0.618. The highest BCUT2D eigenvalue weighted by Crippen LogP contribution is 2.31. The van der Waals surface area contributed by atoms with Crippen molar-refractivity contribution in [3.8, 4) is 28.2 Å². The zero-order chi connectivity index (χ0) is 23.8. The van der Waals surface area contributed by atoms with Crippen LogP contribution in [0.2, 0.25) is 0 Å². The third-order valence-corrected chi connectivity index (χ3v) is 4.62. The third kappa shape index (κ3) is 4.54. The van der Waals surface area contributed by atoms with Crippen LogP contribution in [0.25, 0.3) is 28.2 Å². The van der Waals surface area contributed by atoms with Gasteiger partial charge in [-0.1, -0.05) is 17.3 Å². The van der Waals surface area contributed by atoms with Gasteiger partial charge >= 0.3 is 6.18 Å². The lowest BCUT2D eigenvalue weighted by molar-refractivity contribution is -0.255. The van der Waals surface area contributed by atoms with Crippen molar-refractivity contribution in [2.24, 2.45) is 5.73 Å². The van der Waals surface area contributed by atoms with Crippen molar-refractivity contribution in [1.82, 2.24) is 25.0 Å². The molecule has 4 aromatic rings. The summed E-state index contributed by atoms with van der Waals surface area (Å²) in [6, 6.07) is 8.52. The minimum Gasteiger partial charge on any atom is -0.545 e. The van der Waals surface area contributed by atoms with E-state index in [-0.39, 0.29) is 28.3 Å². The number of amides is 1. The molecule has 0 saturated carbocycles. The summed E-state index contributed by atoms with van der Waals surface area (Å²) in [4.78, 5) is 30.6. The zero-order valence-corrected chi connectivity index (χ0v) is 16.4. The van der Waals surface area contributed by atoms with Crippen LogP contribution in [0.3, 0.4) is 0 Å². The number of carboxylic acid groups (broad SMARTS) is 1. The van der Waals surface area contributed by atoms with Crippen molar-refractivity contribution in [3.05, 3.63) is 77.9 Å². The molecule has 2 N–H and O–H groups in total. The molecule has 2 aromatic heterocycles. The second-order valence-corrected chi connectivity index (χ2v) is 6.83. The van der Waals surface area contributed by atoms with Crippen LogP contribution >= 0.6 is 0 Å². The summed E-state index contributed by atoms with van der Waals surface area (Å²) in [6.45, 7) is 0. The van der Waals surface area contributed by atoms with Crippen LogP contribution in [0.15, 0.2) is 61.1 Å². The molecule has 0 saturated heterocycles. The highest BCUT2D eigenvalue weighted by molar-refractivity contribution is 5.91. The maximum atomic E-state index is 12.8. The van der Waals surface area contributed by atoms with E-state index in [1.165, 1.54) is 41.3 Å². The molecule has 166 valence electrons. The second kappa shape index (κ2) is 8.15. The van der Waals surface area contributed by atoms with Gasteiger partial charge in [0.25, 0.3) is 5.91 Å². The number of carboxylic acids is 1. The van der Waals surface area contributed by atoms with Gasteiger partial charge in [-0.3, -0.25) is 9.78 Å². The molecule has 0 aliphatic carbocycles. The van der Waals surface area contributed by atoms with Crippen LogP contribution in [0.5, 0.6) is 0 Å². The number of aromatic carboxylic acids is 1. The lowest BCUT2D eigenvalue weighted by atomic mass is 10.1. The van der Waals surface area contributed by atoms with Gasteiger partial charge in [0.15, 0.2) is 0 Å². The molecule has 0 aliphatic rings. The summed E-state index contributed by atoms with van der Waals surface area (Å²) in [5, 5.41) is 19.4. The molecule has 9 nitrogen and oxygen atoms in total. The van der Waals surface area contributed by atoms with E-state index in [1.807, 2.05) is 0 Å². The fraction of sp³-hybridized carbons (Fsp3) is 0.0476. The molecule has 2 heterocycles. The van der Waals surface area contributed by atoms with Gasteiger partial charge in [-0.15, -0.1) is 5.10 Å². The molecule has 1 amide bonds. The van der Waals surface area contributed by atoms with E-state index in [4.69, 9.17) is 5.73 Å². The molecule has 0 fully saturated rings. The van der Waals surface area contributed by atoms with E-state index in [2.05, 4.69) is 20.3 Å². The minimum atomic E-state index is -4.46. The first-order valence-electron chi connectivity index (χ1n) is 9.21. The Labute approximate surface area is 183 Å². The van der Waals surface area contributed by atoms with E-state index in [0.717, 1.165) is 18.3 Å². The fourth-order valence-corrected chi connectivity index (χ4v) is 2.97. The predicted molar refractivity (Wildman–Crippen MR) is 106 cm³/mol. The van der Waals surface area contributed by atoms with E-state index < -0.39 is 23.6 Å². The van der Waals surface area contributed by atoms with Gasteiger partial charge in [0.2, 0.25) is 0 Å². The largest absolute Gasteiger partial charge is 0.545 e. The summed E-state index contributed by atoms with van der Waals surface area (Å²) in [5.74, 6) is -2.22.